The van der Waals surface area contributed by atoms with Gasteiger partial charge in [0.15, 0.2) is 6.54 Å². The van der Waals surface area contributed by atoms with E-state index in [-0.39, 0.29) is 34.6 Å². The third-order valence-corrected chi connectivity index (χ3v) is 2.87. The Morgan fingerprint density at radius 1 is 1.58 bits per heavy atom. The summed E-state index contributed by atoms with van der Waals surface area (Å²) in [4.78, 5) is 11.8. The van der Waals surface area contributed by atoms with Gasteiger partial charge in [0.05, 0.1) is 23.4 Å². The number of aryl methyl sites for hydroxylation is 1. The summed E-state index contributed by atoms with van der Waals surface area (Å²) in [6, 6.07) is 2.72. The van der Waals surface area contributed by atoms with Gasteiger partial charge in [-0.25, -0.2) is 9.13 Å². The highest BCUT2D eigenvalue weighted by atomic mass is 35.5. The number of anilines is 2. The summed E-state index contributed by atoms with van der Waals surface area (Å²) in [5.74, 6) is -0.388. The first-order valence-electron chi connectivity index (χ1n) is 5.54. The molecule has 19 heavy (non-hydrogen) atoms. The van der Waals surface area contributed by atoms with Crippen molar-refractivity contribution in [1.29, 1.82) is 0 Å². The molecule has 1 aromatic heterocycles. The molecule has 1 aromatic carbocycles. The maximum absolute atomic E-state index is 11.8. The predicted molar refractivity (Wildman–Crippen MR) is 71.8 cm³/mol. The van der Waals surface area contributed by atoms with E-state index in [9.17, 15) is 9.90 Å². The Balaban J connectivity index is 2.09. The average Bonchev–Trinajstić information content (AvgIpc) is 2.71. The number of nitrogen functional groups attached to an aromatic ring is 1. The van der Waals surface area contributed by atoms with Crippen LogP contribution in [0.25, 0.3) is 0 Å². The fourth-order valence-corrected chi connectivity index (χ4v) is 1.79. The van der Waals surface area contributed by atoms with Crippen molar-refractivity contribution in [1.82, 2.24) is 4.57 Å². The smallest absolute Gasteiger partial charge is 0.266 e. The van der Waals surface area contributed by atoms with E-state index in [0.29, 0.717) is 0 Å². The van der Waals surface area contributed by atoms with Crippen molar-refractivity contribution in [3.63, 3.8) is 0 Å². The molecule has 0 saturated carbocycles. The second kappa shape index (κ2) is 5.19. The van der Waals surface area contributed by atoms with Gasteiger partial charge in [-0.05, 0) is 6.07 Å². The maximum atomic E-state index is 11.8. The number of aromatic hydroxyl groups is 1. The van der Waals surface area contributed by atoms with E-state index in [1.54, 1.807) is 17.1 Å². The fraction of sp³-hybridized carbons (Fsp3) is 0.167. The number of rotatable bonds is 3. The molecule has 0 atom stereocenters. The predicted octanol–water partition coefficient (Wildman–Crippen LogP) is 0.892. The van der Waals surface area contributed by atoms with Crippen LogP contribution in [0.2, 0.25) is 5.02 Å². The van der Waals surface area contributed by atoms with E-state index in [4.69, 9.17) is 17.3 Å². The molecule has 0 spiro atoms. The van der Waals surface area contributed by atoms with E-state index in [1.165, 1.54) is 12.1 Å². The Morgan fingerprint density at radius 3 is 2.95 bits per heavy atom. The fourth-order valence-electron chi connectivity index (χ4n) is 1.63. The molecule has 0 aliphatic rings. The Labute approximate surface area is 115 Å². The average molecular weight is 282 g/mol. The summed E-state index contributed by atoms with van der Waals surface area (Å²) in [7, 11) is 1.86. The molecule has 4 N–H and O–H groups in total. The monoisotopic (exact) mass is 281 g/mol. The molecule has 0 radical (unpaired) electrons. The molecular weight excluding hydrogens is 268 g/mol. The molecule has 0 saturated heterocycles. The second-order valence-corrected chi connectivity index (χ2v) is 4.60. The van der Waals surface area contributed by atoms with Crippen LogP contribution < -0.4 is 15.6 Å². The maximum Gasteiger partial charge on any atom is 0.266 e. The normalized spacial score (nSPS) is 10.4. The number of carbonyl (C=O) groups excluding carboxylic acids is 1. The number of nitrogens with zero attached hydrogens (tertiary/aromatic N) is 2. The lowest BCUT2D eigenvalue weighted by Gasteiger charge is -2.08. The number of hydrogen-bond acceptors (Lipinski definition) is 3. The van der Waals surface area contributed by atoms with Crippen molar-refractivity contribution in [2.75, 3.05) is 11.1 Å². The van der Waals surface area contributed by atoms with Crippen LogP contribution in [0.5, 0.6) is 5.75 Å². The van der Waals surface area contributed by atoms with Crippen LogP contribution in [-0.4, -0.2) is 15.6 Å². The molecule has 0 fully saturated rings. The molecule has 2 rings (SSSR count). The quantitative estimate of drug-likeness (QED) is 0.444. The Hall–Kier alpha value is -2.21. The summed E-state index contributed by atoms with van der Waals surface area (Å²) in [5, 5.41) is 12.5. The summed E-state index contributed by atoms with van der Waals surface area (Å²) in [6.07, 6.45) is 5.37. The first kappa shape index (κ1) is 13.2. The lowest BCUT2D eigenvalue weighted by molar-refractivity contribution is -0.671. The summed E-state index contributed by atoms with van der Waals surface area (Å²) in [5.41, 5.74) is 6.03. The van der Waals surface area contributed by atoms with Gasteiger partial charge in [0.2, 0.25) is 6.33 Å². The zero-order chi connectivity index (χ0) is 14.0. The van der Waals surface area contributed by atoms with E-state index < -0.39 is 0 Å². The van der Waals surface area contributed by atoms with Gasteiger partial charge in [-0.2, -0.15) is 0 Å². The van der Waals surface area contributed by atoms with Gasteiger partial charge in [-0.3, -0.25) is 4.79 Å². The van der Waals surface area contributed by atoms with Crippen LogP contribution in [-0.2, 0) is 18.4 Å². The first-order valence-corrected chi connectivity index (χ1v) is 5.92. The van der Waals surface area contributed by atoms with Gasteiger partial charge >= 0.3 is 0 Å². The largest absolute Gasteiger partial charge is 0.506 e. The zero-order valence-corrected chi connectivity index (χ0v) is 11.1. The van der Waals surface area contributed by atoms with Gasteiger partial charge < -0.3 is 16.2 Å². The highest BCUT2D eigenvalue weighted by Gasteiger charge is 2.12. The van der Waals surface area contributed by atoms with Crippen LogP contribution in [0.3, 0.4) is 0 Å². The van der Waals surface area contributed by atoms with Gasteiger partial charge in [0, 0.05) is 6.07 Å². The van der Waals surface area contributed by atoms with Gasteiger partial charge in [0.25, 0.3) is 5.91 Å². The number of halogens is 1. The minimum Gasteiger partial charge on any atom is -0.506 e. The Kier molecular flexibility index (Phi) is 3.62. The lowest BCUT2D eigenvalue weighted by atomic mass is 10.2. The molecule has 7 heteroatoms. The summed E-state index contributed by atoms with van der Waals surface area (Å²) >= 11 is 5.84. The highest BCUT2D eigenvalue weighted by Crippen LogP contribution is 2.31. The molecule has 1 heterocycles. The molecule has 2 aromatic rings. The van der Waals surface area contributed by atoms with Crippen LogP contribution in [0.1, 0.15) is 0 Å². The number of imidazole rings is 1. The van der Waals surface area contributed by atoms with E-state index >= 15 is 0 Å². The number of phenolic OH excluding ortho intramolecular Hbond substituents is 1. The van der Waals surface area contributed by atoms with Crippen molar-refractivity contribution in [3.05, 3.63) is 35.9 Å². The van der Waals surface area contributed by atoms with Crippen LogP contribution in [0.15, 0.2) is 30.9 Å². The molecule has 0 bridgehead atoms. The van der Waals surface area contributed by atoms with Crippen LogP contribution >= 0.6 is 11.6 Å². The number of amides is 1. The first-order chi connectivity index (χ1) is 8.95. The topological polar surface area (TPSA) is 84.2 Å². The van der Waals surface area contributed by atoms with Crippen molar-refractivity contribution in [3.8, 4) is 5.75 Å². The van der Waals surface area contributed by atoms with Gasteiger partial charge in [-0.1, -0.05) is 11.6 Å². The SMILES string of the molecule is C[n+]1ccn(CC(=O)Nc2cc(Cl)c(N)cc2O)c1. The van der Waals surface area contributed by atoms with Crippen LogP contribution in [0, 0.1) is 0 Å². The van der Waals surface area contributed by atoms with Crippen molar-refractivity contribution in [2.45, 2.75) is 6.54 Å². The third-order valence-electron chi connectivity index (χ3n) is 2.54. The minimum atomic E-state index is -0.271. The number of nitrogens with two attached hydrogens (primary N) is 1. The molecule has 6 nitrogen and oxygen atoms in total. The molecule has 0 aliphatic carbocycles. The minimum absolute atomic E-state index is 0.117. The number of aromatic nitrogens is 2. The van der Waals surface area contributed by atoms with Crippen molar-refractivity contribution < 1.29 is 14.5 Å². The third kappa shape index (κ3) is 3.17. The summed E-state index contributed by atoms with van der Waals surface area (Å²) in [6.45, 7) is 0.141. The lowest BCUT2D eigenvalue weighted by Crippen LogP contribution is -2.25. The Bertz CT molecular complexity index is 624. The van der Waals surface area contributed by atoms with Crippen molar-refractivity contribution >= 4 is 28.9 Å². The number of benzene rings is 1. The van der Waals surface area contributed by atoms with Gasteiger partial charge in [-0.15, -0.1) is 0 Å². The van der Waals surface area contributed by atoms with Crippen molar-refractivity contribution in [2.24, 2.45) is 7.05 Å². The highest BCUT2D eigenvalue weighted by molar-refractivity contribution is 6.33. The molecule has 0 unspecified atom stereocenters. The molecule has 100 valence electrons. The molecular formula is C12H14ClN4O2+. The number of hydrogen-bond donors (Lipinski definition) is 3. The second-order valence-electron chi connectivity index (χ2n) is 4.19. The number of carbonyl (C=O) groups is 1. The van der Waals surface area contributed by atoms with Crippen LogP contribution in [0.4, 0.5) is 11.4 Å². The Morgan fingerprint density at radius 2 is 2.32 bits per heavy atom. The zero-order valence-electron chi connectivity index (χ0n) is 10.3. The number of nitrogens with one attached hydrogen (secondary N) is 1. The standard InChI is InChI=1S/C12H13ClN4O2/c1-16-2-3-17(7-16)6-12(19)15-10-4-8(13)9(14)5-11(10)18/h2-5,7H,6,14H2,1H3,(H-,15,18,19)/p+1. The number of phenols is 1. The molecule has 1 amide bonds. The van der Waals surface area contributed by atoms with E-state index in [2.05, 4.69) is 5.32 Å². The summed E-state index contributed by atoms with van der Waals surface area (Å²) < 4.78 is 3.54. The van der Waals surface area contributed by atoms with E-state index in [0.717, 1.165) is 0 Å². The molecule has 0 aliphatic heterocycles. The van der Waals surface area contributed by atoms with Gasteiger partial charge in [0.1, 0.15) is 18.1 Å². The van der Waals surface area contributed by atoms with E-state index in [1.807, 2.05) is 17.8 Å².